The fourth-order valence-corrected chi connectivity index (χ4v) is 2.22. The molecule has 0 radical (unpaired) electrons. The van der Waals surface area contributed by atoms with Crippen LogP contribution in [0.5, 0.6) is 0 Å². The van der Waals surface area contributed by atoms with Crippen molar-refractivity contribution in [2.24, 2.45) is 5.92 Å². The number of hydrogen-bond donors (Lipinski definition) is 1. The van der Waals surface area contributed by atoms with E-state index in [-0.39, 0.29) is 5.91 Å². The van der Waals surface area contributed by atoms with Crippen LogP contribution in [0.3, 0.4) is 0 Å². The predicted octanol–water partition coefficient (Wildman–Crippen LogP) is 2.67. The summed E-state index contributed by atoms with van der Waals surface area (Å²) in [7, 11) is 0. The van der Waals surface area contributed by atoms with Gasteiger partial charge in [0.25, 0.3) is 5.91 Å². The van der Waals surface area contributed by atoms with Gasteiger partial charge in [0.2, 0.25) is 0 Å². The minimum Gasteiger partial charge on any atom is -0.372 e. The maximum absolute atomic E-state index is 12.0. The van der Waals surface area contributed by atoms with Crippen LogP contribution >= 0.6 is 0 Å². The van der Waals surface area contributed by atoms with Crippen molar-refractivity contribution in [1.82, 2.24) is 5.32 Å². The average molecular weight is 246 g/mol. The lowest BCUT2D eigenvalue weighted by atomic mass is 10.1. The van der Waals surface area contributed by atoms with Gasteiger partial charge in [0.15, 0.2) is 0 Å². The SMILES string of the molecule is CC(C)CNC(=O)c1cccc(N2CCCC2)c1. The van der Waals surface area contributed by atoms with Gasteiger partial charge < -0.3 is 10.2 Å². The van der Waals surface area contributed by atoms with Crippen LogP contribution in [0.1, 0.15) is 37.0 Å². The van der Waals surface area contributed by atoms with Crippen LogP contribution in [0.15, 0.2) is 24.3 Å². The molecule has 1 aromatic carbocycles. The molecule has 2 rings (SSSR count). The second kappa shape index (κ2) is 5.89. The molecule has 0 spiro atoms. The highest BCUT2D eigenvalue weighted by molar-refractivity contribution is 5.95. The zero-order valence-corrected chi connectivity index (χ0v) is 11.3. The number of anilines is 1. The molecule has 0 aliphatic carbocycles. The fraction of sp³-hybridized carbons (Fsp3) is 0.533. The zero-order valence-electron chi connectivity index (χ0n) is 11.3. The lowest BCUT2D eigenvalue weighted by Gasteiger charge is -2.18. The molecule has 1 fully saturated rings. The number of nitrogens with zero attached hydrogens (tertiary/aromatic N) is 1. The van der Waals surface area contributed by atoms with Crippen molar-refractivity contribution in [2.75, 3.05) is 24.5 Å². The molecule has 1 aromatic rings. The fourth-order valence-electron chi connectivity index (χ4n) is 2.22. The smallest absolute Gasteiger partial charge is 0.251 e. The van der Waals surface area contributed by atoms with E-state index in [1.54, 1.807) is 0 Å². The summed E-state index contributed by atoms with van der Waals surface area (Å²) < 4.78 is 0. The van der Waals surface area contributed by atoms with Gasteiger partial charge in [0.1, 0.15) is 0 Å². The van der Waals surface area contributed by atoms with Crippen LogP contribution < -0.4 is 10.2 Å². The van der Waals surface area contributed by atoms with Gasteiger partial charge in [0.05, 0.1) is 0 Å². The van der Waals surface area contributed by atoms with Crippen molar-refractivity contribution in [3.63, 3.8) is 0 Å². The molecule has 0 bridgehead atoms. The third kappa shape index (κ3) is 3.25. The van der Waals surface area contributed by atoms with Crippen LogP contribution in [-0.4, -0.2) is 25.5 Å². The largest absolute Gasteiger partial charge is 0.372 e. The molecule has 1 aliphatic rings. The van der Waals surface area contributed by atoms with E-state index in [9.17, 15) is 4.79 Å². The van der Waals surface area contributed by atoms with Gasteiger partial charge in [-0.3, -0.25) is 4.79 Å². The van der Waals surface area contributed by atoms with Crippen molar-refractivity contribution in [1.29, 1.82) is 0 Å². The molecule has 1 aliphatic heterocycles. The average Bonchev–Trinajstić information content (AvgIpc) is 2.90. The number of amides is 1. The van der Waals surface area contributed by atoms with E-state index in [0.717, 1.165) is 25.2 Å². The highest BCUT2D eigenvalue weighted by Crippen LogP contribution is 2.21. The molecule has 1 amide bonds. The Balaban J connectivity index is 2.04. The standard InChI is InChI=1S/C15H22N2O/c1-12(2)11-16-15(18)13-6-5-7-14(10-13)17-8-3-4-9-17/h5-7,10,12H,3-4,8-9,11H2,1-2H3,(H,16,18). The minimum absolute atomic E-state index is 0.0322. The van der Waals surface area contributed by atoms with Crippen LogP contribution in [0.25, 0.3) is 0 Å². The Morgan fingerprint density at radius 3 is 2.72 bits per heavy atom. The molecule has 0 aromatic heterocycles. The van der Waals surface area contributed by atoms with Gasteiger partial charge in [0, 0.05) is 30.9 Å². The Morgan fingerprint density at radius 2 is 2.06 bits per heavy atom. The normalized spacial score (nSPS) is 15.2. The van der Waals surface area contributed by atoms with E-state index in [1.807, 2.05) is 18.2 Å². The van der Waals surface area contributed by atoms with Gasteiger partial charge >= 0.3 is 0 Å². The number of rotatable bonds is 4. The minimum atomic E-state index is 0.0322. The highest BCUT2D eigenvalue weighted by atomic mass is 16.1. The Kier molecular flexibility index (Phi) is 4.24. The van der Waals surface area contributed by atoms with E-state index in [1.165, 1.54) is 18.5 Å². The molecular formula is C15H22N2O. The van der Waals surface area contributed by atoms with Crippen LogP contribution in [-0.2, 0) is 0 Å². The monoisotopic (exact) mass is 246 g/mol. The summed E-state index contributed by atoms with van der Waals surface area (Å²) in [5.41, 5.74) is 1.93. The van der Waals surface area contributed by atoms with Gasteiger partial charge in [-0.25, -0.2) is 0 Å². The molecule has 3 heteroatoms. The van der Waals surface area contributed by atoms with Gasteiger partial charge in [-0.1, -0.05) is 19.9 Å². The second-order valence-corrected chi connectivity index (χ2v) is 5.35. The summed E-state index contributed by atoms with van der Waals surface area (Å²) in [6.45, 7) is 7.14. The number of hydrogen-bond acceptors (Lipinski definition) is 2. The zero-order chi connectivity index (χ0) is 13.0. The number of benzene rings is 1. The van der Waals surface area contributed by atoms with Crippen LogP contribution in [0, 0.1) is 5.92 Å². The van der Waals surface area contributed by atoms with E-state index in [0.29, 0.717) is 5.92 Å². The van der Waals surface area contributed by atoms with Crippen LogP contribution in [0.4, 0.5) is 5.69 Å². The van der Waals surface area contributed by atoms with Crippen molar-refractivity contribution < 1.29 is 4.79 Å². The number of carbonyl (C=O) groups excluding carboxylic acids is 1. The summed E-state index contributed by atoms with van der Waals surface area (Å²) in [6.07, 6.45) is 2.51. The Morgan fingerprint density at radius 1 is 1.33 bits per heavy atom. The van der Waals surface area contributed by atoms with Crippen molar-refractivity contribution in [3.8, 4) is 0 Å². The number of carbonyl (C=O) groups is 1. The molecule has 0 atom stereocenters. The molecule has 1 heterocycles. The highest BCUT2D eigenvalue weighted by Gasteiger charge is 2.14. The van der Waals surface area contributed by atoms with Crippen molar-refractivity contribution >= 4 is 11.6 Å². The molecule has 0 saturated carbocycles. The van der Waals surface area contributed by atoms with E-state index >= 15 is 0 Å². The predicted molar refractivity (Wildman–Crippen MR) is 75.1 cm³/mol. The second-order valence-electron chi connectivity index (χ2n) is 5.35. The third-order valence-electron chi connectivity index (χ3n) is 3.25. The lowest BCUT2D eigenvalue weighted by molar-refractivity contribution is 0.0949. The van der Waals surface area contributed by atoms with Crippen molar-refractivity contribution in [3.05, 3.63) is 29.8 Å². The van der Waals surface area contributed by atoms with E-state index < -0.39 is 0 Å². The first-order valence-corrected chi connectivity index (χ1v) is 6.80. The lowest BCUT2D eigenvalue weighted by Crippen LogP contribution is -2.27. The maximum Gasteiger partial charge on any atom is 0.251 e. The van der Waals surface area contributed by atoms with Gasteiger partial charge in [-0.15, -0.1) is 0 Å². The molecule has 18 heavy (non-hydrogen) atoms. The first-order valence-electron chi connectivity index (χ1n) is 6.80. The first-order chi connectivity index (χ1) is 8.66. The van der Waals surface area contributed by atoms with Crippen molar-refractivity contribution in [2.45, 2.75) is 26.7 Å². The van der Waals surface area contributed by atoms with E-state index in [2.05, 4.69) is 30.1 Å². The van der Waals surface area contributed by atoms with E-state index in [4.69, 9.17) is 0 Å². The summed E-state index contributed by atoms with van der Waals surface area (Å²) in [4.78, 5) is 14.3. The number of nitrogens with one attached hydrogen (secondary N) is 1. The van der Waals surface area contributed by atoms with Gasteiger partial charge in [-0.2, -0.15) is 0 Å². The summed E-state index contributed by atoms with van der Waals surface area (Å²) >= 11 is 0. The Labute approximate surface area is 109 Å². The molecule has 0 unspecified atom stereocenters. The van der Waals surface area contributed by atoms with Gasteiger partial charge in [-0.05, 0) is 37.0 Å². The molecular weight excluding hydrogens is 224 g/mol. The quantitative estimate of drug-likeness (QED) is 0.886. The summed E-state index contributed by atoms with van der Waals surface area (Å²) in [6, 6.07) is 7.94. The molecule has 98 valence electrons. The Hall–Kier alpha value is -1.51. The summed E-state index contributed by atoms with van der Waals surface area (Å²) in [5, 5.41) is 2.96. The molecule has 1 N–H and O–H groups in total. The van der Waals surface area contributed by atoms with Crippen LogP contribution in [0.2, 0.25) is 0 Å². The first kappa shape index (κ1) is 12.9. The Bertz CT molecular complexity index is 409. The topological polar surface area (TPSA) is 32.3 Å². The molecule has 1 saturated heterocycles. The summed E-state index contributed by atoms with van der Waals surface area (Å²) in [5.74, 6) is 0.514. The third-order valence-corrected chi connectivity index (χ3v) is 3.25. The molecule has 3 nitrogen and oxygen atoms in total. The maximum atomic E-state index is 12.0.